The summed E-state index contributed by atoms with van der Waals surface area (Å²) in [5.74, 6) is 0. The first-order valence-corrected chi connectivity index (χ1v) is 16.0. The Morgan fingerprint density at radius 1 is 0.489 bits per heavy atom. The molecule has 0 N–H and O–H groups in total. The summed E-state index contributed by atoms with van der Waals surface area (Å²) in [6.07, 6.45) is 3.88. The summed E-state index contributed by atoms with van der Waals surface area (Å²) in [7, 11) is 0. The lowest BCUT2D eigenvalue weighted by atomic mass is 10.0. The first kappa shape index (κ1) is 25.8. The van der Waals surface area contributed by atoms with Crippen LogP contribution in [0.3, 0.4) is 0 Å². The average Bonchev–Trinajstić information content (AvgIpc) is 3.66. The average molecular weight is 594 g/mol. The normalized spacial score (nSPS) is 11.6. The topological polar surface area (TPSA) is 21.1 Å². The minimum Gasteiger partial charge on any atom is -0.309 e. The number of hydrogen-bond acceptors (Lipinski definition) is 3. The smallest absolute Gasteiger partial charge is 0.0562 e. The van der Waals surface area contributed by atoms with E-state index in [9.17, 15) is 0 Å². The van der Waals surface area contributed by atoms with Gasteiger partial charge in [0, 0.05) is 50.0 Å². The van der Waals surface area contributed by atoms with Crippen molar-refractivity contribution in [1.82, 2.24) is 9.55 Å². The highest BCUT2D eigenvalue weighted by atomic mass is 32.1. The molecule has 0 bridgehead atoms. The molecule has 3 heterocycles. The lowest BCUT2D eigenvalue weighted by Crippen LogP contribution is -2.11. The lowest BCUT2D eigenvalue weighted by Gasteiger charge is -2.27. The molecular weight excluding hydrogens is 567 g/mol. The van der Waals surface area contributed by atoms with E-state index in [1.54, 1.807) is 11.3 Å². The minimum absolute atomic E-state index is 1.11. The SMILES string of the molecule is c1ccc(-c2ccc(N(c3cccc4sc5cnccc5c34)c3cccc4c3c3ccccc3n4-c3ccccc3)cc2)cc1. The fraction of sp³-hybridized carbons (Fsp3) is 0. The predicted molar refractivity (Wildman–Crippen MR) is 192 cm³/mol. The van der Waals surface area contributed by atoms with Crippen molar-refractivity contribution in [3.8, 4) is 16.8 Å². The number of pyridine rings is 1. The first-order valence-electron chi connectivity index (χ1n) is 15.1. The highest BCUT2D eigenvalue weighted by molar-refractivity contribution is 7.25. The summed E-state index contributed by atoms with van der Waals surface area (Å²) in [5, 5.41) is 4.92. The van der Waals surface area contributed by atoms with Gasteiger partial charge in [0.15, 0.2) is 0 Å². The largest absolute Gasteiger partial charge is 0.309 e. The van der Waals surface area contributed by atoms with E-state index in [4.69, 9.17) is 0 Å². The predicted octanol–water partition coefficient (Wildman–Crippen LogP) is 11.7. The molecule has 0 aliphatic heterocycles. The van der Waals surface area contributed by atoms with E-state index in [1.165, 1.54) is 53.1 Å². The van der Waals surface area contributed by atoms with Gasteiger partial charge in [-0.05, 0) is 71.8 Å². The summed E-state index contributed by atoms with van der Waals surface area (Å²) in [6, 6.07) is 54.5. The van der Waals surface area contributed by atoms with E-state index in [2.05, 4.69) is 166 Å². The number of anilines is 3. The molecular formula is C41H27N3S. The van der Waals surface area contributed by atoms with Crippen LogP contribution in [-0.4, -0.2) is 9.55 Å². The summed E-state index contributed by atoms with van der Waals surface area (Å²) in [6.45, 7) is 0. The molecule has 0 unspecified atom stereocenters. The molecule has 0 aliphatic carbocycles. The van der Waals surface area contributed by atoms with Gasteiger partial charge in [-0.3, -0.25) is 4.98 Å². The van der Waals surface area contributed by atoms with Crippen molar-refractivity contribution in [2.75, 3.05) is 4.90 Å². The summed E-state index contributed by atoms with van der Waals surface area (Å²) in [4.78, 5) is 6.89. The summed E-state index contributed by atoms with van der Waals surface area (Å²) < 4.78 is 4.83. The molecule has 0 saturated carbocycles. The molecule has 3 nitrogen and oxygen atoms in total. The highest BCUT2D eigenvalue weighted by Gasteiger charge is 2.23. The summed E-state index contributed by atoms with van der Waals surface area (Å²) in [5.41, 5.74) is 9.34. The number of thiophene rings is 1. The Morgan fingerprint density at radius 3 is 1.98 bits per heavy atom. The molecule has 0 radical (unpaired) electrons. The van der Waals surface area contributed by atoms with Crippen molar-refractivity contribution < 1.29 is 0 Å². The van der Waals surface area contributed by atoms with Crippen LogP contribution in [0.1, 0.15) is 0 Å². The zero-order chi connectivity index (χ0) is 29.7. The molecule has 0 amide bonds. The van der Waals surface area contributed by atoms with Gasteiger partial charge >= 0.3 is 0 Å². The number of hydrogen-bond donors (Lipinski definition) is 0. The third-order valence-electron chi connectivity index (χ3n) is 8.68. The Balaban J connectivity index is 1.37. The van der Waals surface area contributed by atoms with E-state index in [1.807, 2.05) is 12.4 Å². The Labute approximate surface area is 264 Å². The van der Waals surface area contributed by atoms with Gasteiger partial charge in [-0.25, -0.2) is 0 Å². The maximum absolute atomic E-state index is 4.44. The summed E-state index contributed by atoms with van der Waals surface area (Å²) >= 11 is 1.80. The van der Waals surface area contributed by atoms with Crippen molar-refractivity contribution in [3.05, 3.63) is 164 Å². The molecule has 9 aromatic rings. The van der Waals surface area contributed by atoms with Gasteiger partial charge in [0.05, 0.1) is 27.1 Å². The zero-order valence-electron chi connectivity index (χ0n) is 24.3. The van der Waals surface area contributed by atoms with Crippen molar-refractivity contribution in [2.24, 2.45) is 0 Å². The maximum Gasteiger partial charge on any atom is 0.0562 e. The zero-order valence-corrected chi connectivity index (χ0v) is 25.2. The van der Waals surface area contributed by atoms with Crippen molar-refractivity contribution in [1.29, 1.82) is 0 Å². The van der Waals surface area contributed by atoms with Crippen LogP contribution in [-0.2, 0) is 0 Å². The van der Waals surface area contributed by atoms with Crippen molar-refractivity contribution in [3.63, 3.8) is 0 Å². The van der Waals surface area contributed by atoms with Gasteiger partial charge in [0.2, 0.25) is 0 Å². The minimum atomic E-state index is 1.11. The fourth-order valence-corrected chi connectivity index (χ4v) is 7.83. The maximum atomic E-state index is 4.44. The Bertz CT molecular complexity index is 2480. The standard InChI is InChI=1S/C41H27N3S/c1-3-11-28(12-4-1)29-21-23-31(24-22-29)44(37-19-10-20-38-41(37)33-25-26-42-27-39(33)45-38)36-18-9-17-35-40(36)32-15-7-8-16-34(32)43(35)30-13-5-2-6-14-30/h1-27H. The number of aromatic nitrogens is 2. The van der Waals surface area contributed by atoms with Crippen LogP contribution in [0.15, 0.2) is 164 Å². The van der Waals surface area contributed by atoms with Gasteiger partial charge in [0.1, 0.15) is 0 Å². The van der Waals surface area contributed by atoms with E-state index in [0.717, 1.165) is 22.7 Å². The van der Waals surface area contributed by atoms with E-state index >= 15 is 0 Å². The number of rotatable bonds is 5. The second kappa shape index (κ2) is 10.5. The molecule has 9 rings (SSSR count). The molecule has 4 heteroatoms. The first-order chi connectivity index (χ1) is 22.3. The van der Waals surface area contributed by atoms with Crippen molar-refractivity contribution in [2.45, 2.75) is 0 Å². The molecule has 3 aromatic heterocycles. The van der Waals surface area contributed by atoms with Crippen LogP contribution in [0.2, 0.25) is 0 Å². The van der Waals surface area contributed by atoms with Crippen LogP contribution >= 0.6 is 11.3 Å². The molecule has 0 atom stereocenters. The molecule has 0 fully saturated rings. The van der Waals surface area contributed by atoms with Gasteiger partial charge in [-0.15, -0.1) is 11.3 Å². The number of para-hydroxylation sites is 2. The van der Waals surface area contributed by atoms with E-state index < -0.39 is 0 Å². The molecule has 0 spiro atoms. The molecule has 0 aliphatic rings. The van der Waals surface area contributed by atoms with Gasteiger partial charge in [0.25, 0.3) is 0 Å². The molecule has 212 valence electrons. The number of nitrogens with zero attached hydrogens (tertiary/aromatic N) is 3. The third kappa shape index (κ3) is 4.15. The second-order valence-electron chi connectivity index (χ2n) is 11.2. The van der Waals surface area contributed by atoms with Gasteiger partial charge < -0.3 is 9.47 Å². The Morgan fingerprint density at radius 2 is 1.16 bits per heavy atom. The van der Waals surface area contributed by atoms with Crippen LogP contribution in [0.4, 0.5) is 17.1 Å². The third-order valence-corrected chi connectivity index (χ3v) is 9.79. The monoisotopic (exact) mass is 593 g/mol. The van der Waals surface area contributed by atoms with Gasteiger partial charge in [-0.1, -0.05) is 91.0 Å². The molecule has 45 heavy (non-hydrogen) atoms. The Kier molecular flexibility index (Phi) is 6.00. The molecule has 0 saturated heterocycles. The second-order valence-corrected chi connectivity index (χ2v) is 12.3. The van der Waals surface area contributed by atoms with Gasteiger partial charge in [-0.2, -0.15) is 0 Å². The van der Waals surface area contributed by atoms with Crippen LogP contribution < -0.4 is 4.90 Å². The number of benzene rings is 6. The van der Waals surface area contributed by atoms with E-state index in [-0.39, 0.29) is 0 Å². The van der Waals surface area contributed by atoms with Crippen LogP contribution in [0, 0.1) is 0 Å². The quantitative estimate of drug-likeness (QED) is 0.198. The van der Waals surface area contributed by atoms with E-state index in [0.29, 0.717) is 0 Å². The van der Waals surface area contributed by atoms with Crippen molar-refractivity contribution >= 4 is 70.4 Å². The Hall–Kier alpha value is -5.71. The number of fused-ring (bicyclic) bond motifs is 6. The fourth-order valence-electron chi connectivity index (χ4n) is 6.73. The molecule has 6 aromatic carbocycles. The van der Waals surface area contributed by atoms with Crippen LogP contribution in [0.25, 0.3) is 58.8 Å². The van der Waals surface area contributed by atoms with Crippen LogP contribution in [0.5, 0.6) is 0 Å². The lowest BCUT2D eigenvalue weighted by molar-refractivity contribution is 1.18. The highest BCUT2D eigenvalue weighted by Crippen LogP contribution is 2.48.